The van der Waals surface area contributed by atoms with Gasteiger partial charge in [-0.25, -0.2) is 14.2 Å². The summed E-state index contributed by atoms with van der Waals surface area (Å²) in [5.41, 5.74) is 1.48. The molecule has 0 aliphatic carbocycles. The SMILES string of the molecule is CCOC(=O)C1=C(C)N=c2s/c(=C\c3cc(I)c(OC(C)=O)c(OCC)c3)c(=O)n2[C@H]1c1ccc(F)cc1. The molecular weight excluding hydrogens is 626 g/mol. The Kier molecular flexibility index (Phi) is 8.46. The van der Waals surface area contributed by atoms with Crippen LogP contribution in [0.3, 0.4) is 0 Å². The quantitative estimate of drug-likeness (QED) is 0.219. The van der Waals surface area contributed by atoms with Gasteiger partial charge in [-0.15, -0.1) is 0 Å². The average molecular weight is 650 g/mol. The summed E-state index contributed by atoms with van der Waals surface area (Å²) in [5.74, 6) is -0.813. The molecule has 0 spiro atoms. The summed E-state index contributed by atoms with van der Waals surface area (Å²) in [7, 11) is 0. The fraction of sp³-hybridized carbons (Fsp3) is 0.259. The van der Waals surface area contributed by atoms with E-state index < -0.39 is 23.8 Å². The summed E-state index contributed by atoms with van der Waals surface area (Å²) in [5, 5.41) is 0. The number of carbonyl (C=O) groups excluding carboxylic acids is 2. The van der Waals surface area contributed by atoms with Crippen molar-refractivity contribution in [1.29, 1.82) is 0 Å². The van der Waals surface area contributed by atoms with Gasteiger partial charge in [-0.05, 0) is 84.8 Å². The molecule has 0 amide bonds. The van der Waals surface area contributed by atoms with Gasteiger partial charge < -0.3 is 14.2 Å². The zero-order valence-electron chi connectivity index (χ0n) is 21.0. The average Bonchev–Trinajstić information content (AvgIpc) is 3.15. The van der Waals surface area contributed by atoms with Crippen LogP contribution in [0.4, 0.5) is 4.39 Å². The van der Waals surface area contributed by atoms with E-state index >= 15 is 0 Å². The Labute approximate surface area is 235 Å². The minimum absolute atomic E-state index is 0.153. The number of allylic oxidation sites excluding steroid dienone is 1. The molecule has 11 heteroatoms. The zero-order chi connectivity index (χ0) is 27.6. The van der Waals surface area contributed by atoms with E-state index in [4.69, 9.17) is 14.2 Å². The second-order valence-electron chi connectivity index (χ2n) is 8.21. The van der Waals surface area contributed by atoms with E-state index in [9.17, 15) is 18.8 Å². The maximum Gasteiger partial charge on any atom is 0.338 e. The lowest BCUT2D eigenvalue weighted by molar-refractivity contribution is -0.139. The third-order valence-corrected chi connectivity index (χ3v) is 7.36. The highest BCUT2D eigenvalue weighted by atomic mass is 127. The third-order valence-electron chi connectivity index (χ3n) is 5.58. The number of hydrogen-bond acceptors (Lipinski definition) is 8. The van der Waals surface area contributed by atoms with Crippen LogP contribution in [0.5, 0.6) is 11.5 Å². The molecule has 198 valence electrons. The first-order valence-corrected chi connectivity index (χ1v) is 13.6. The number of halogens is 2. The van der Waals surface area contributed by atoms with Crippen LogP contribution in [-0.4, -0.2) is 29.7 Å². The monoisotopic (exact) mass is 650 g/mol. The van der Waals surface area contributed by atoms with E-state index in [1.807, 2.05) is 29.5 Å². The van der Waals surface area contributed by atoms with E-state index in [1.54, 1.807) is 44.2 Å². The molecule has 1 aliphatic rings. The number of nitrogens with zero attached hydrogens (tertiary/aromatic N) is 2. The summed E-state index contributed by atoms with van der Waals surface area (Å²) in [4.78, 5) is 43.2. The van der Waals surface area contributed by atoms with Gasteiger partial charge in [0.2, 0.25) is 0 Å². The summed E-state index contributed by atoms with van der Waals surface area (Å²) >= 11 is 3.21. The predicted molar refractivity (Wildman–Crippen MR) is 148 cm³/mol. The van der Waals surface area contributed by atoms with Crippen LogP contribution < -0.4 is 24.4 Å². The van der Waals surface area contributed by atoms with Gasteiger partial charge in [0.1, 0.15) is 5.82 Å². The van der Waals surface area contributed by atoms with Crippen molar-refractivity contribution in [2.75, 3.05) is 13.2 Å². The largest absolute Gasteiger partial charge is 0.490 e. The topological polar surface area (TPSA) is 96.2 Å². The molecule has 0 fully saturated rings. The van der Waals surface area contributed by atoms with Crippen molar-refractivity contribution < 1.29 is 28.2 Å². The molecule has 0 bridgehead atoms. The molecule has 3 aromatic rings. The highest BCUT2D eigenvalue weighted by molar-refractivity contribution is 14.1. The number of ether oxygens (including phenoxy) is 3. The number of aromatic nitrogens is 1. The Morgan fingerprint density at radius 1 is 1.18 bits per heavy atom. The molecular formula is C27H24FIN2O6S. The molecule has 1 aromatic heterocycles. The van der Waals surface area contributed by atoms with Gasteiger partial charge in [-0.1, -0.05) is 23.5 Å². The second kappa shape index (κ2) is 11.6. The normalized spacial score (nSPS) is 15.1. The maximum absolute atomic E-state index is 13.7. The van der Waals surface area contributed by atoms with Crippen molar-refractivity contribution in [3.8, 4) is 11.5 Å². The van der Waals surface area contributed by atoms with Crippen LogP contribution in [-0.2, 0) is 14.3 Å². The van der Waals surface area contributed by atoms with E-state index in [0.717, 1.165) is 0 Å². The zero-order valence-corrected chi connectivity index (χ0v) is 24.0. The number of rotatable bonds is 7. The van der Waals surface area contributed by atoms with Gasteiger partial charge in [0.15, 0.2) is 16.3 Å². The van der Waals surface area contributed by atoms with Crippen LogP contribution in [0.1, 0.15) is 44.9 Å². The number of esters is 2. The van der Waals surface area contributed by atoms with Gasteiger partial charge >= 0.3 is 11.9 Å². The Morgan fingerprint density at radius 3 is 2.53 bits per heavy atom. The fourth-order valence-corrected chi connectivity index (χ4v) is 5.86. The van der Waals surface area contributed by atoms with Crippen LogP contribution in [0.2, 0.25) is 0 Å². The van der Waals surface area contributed by atoms with Gasteiger partial charge in [0, 0.05) is 6.92 Å². The highest BCUT2D eigenvalue weighted by Gasteiger charge is 2.33. The predicted octanol–water partition coefficient (Wildman–Crippen LogP) is 3.87. The summed E-state index contributed by atoms with van der Waals surface area (Å²) in [6.07, 6.45) is 1.69. The first-order chi connectivity index (χ1) is 18.1. The Morgan fingerprint density at radius 2 is 1.89 bits per heavy atom. The van der Waals surface area contributed by atoms with E-state index in [2.05, 4.69) is 4.99 Å². The number of fused-ring (bicyclic) bond motifs is 1. The standard InChI is InChI=1S/C27H24FIN2O6S/c1-5-35-20-12-16(11-19(29)24(20)37-15(4)32)13-21-25(33)31-23(17-7-9-18(28)10-8-17)22(26(34)36-6-2)14(3)30-27(31)38-21/h7-13,23H,5-6H2,1-4H3/b21-13-/t23-/m0/s1. The van der Waals surface area contributed by atoms with Crippen molar-refractivity contribution >= 4 is 51.9 Å². The van der Waals surface area contributed by atoms with Gasteiger partial charge in [0.05, 0.1) is 38.6 Å². The summed E-state index contributed by atoms with van der Waals surface area (Å²) in [6, 6.07) is 8.27. The maximum atomic E-state index is 13.7. The molecule has 38 heavy (non-hydrogen) atoms. The molecule has 2 heterocycles. The van der Waals surface area contributed by atoms with Crippen LogP contribution in [0.25, 0.3) is 6.08 Å². The summed E-state index contributed by atoms with van der Waals surface area (Å²) < 4.78 is 32.4. The van der Waals surface area contributed by atoms with Gasteiger partial charge in [-0.2, -0.15) is 0 Å². The van der Waals surface area contributed by atoms with Crippen LogP contribution in [0, 0.1) is 9.39 Å². The lowest BCUT2D eigenvalue weighted by Gasteiger charge is -2.24. The number of hydrogen-bond donors (Lipinski definition) is 0. The highest BCUT2D eigenvalue weighted by Crippen LogP contribution is 2.35. The van der Waals surface area contributed by atoms with E-state index in [0.29, 0.717) is 47.8 Å². The van der Waals surface area contributed by atoms with Crippen molar-refractivity contribution in [1.82, 2.24) is 4.57 Å². The van der Waals surface area contributed by atoms with E-state index in [1.165, 1.54) is 35.0 Å². The molecule has 4 rings (SSSR count). The Hall–Kier alpha value is -3.32. The minimum atomic E-state index is -0.835. The second-order valence-corrected chi connectivity index (χ2v) is 10.4. The van der Waals surface area contributed by atoms with Crippen molar-refractivity contribution in [2.45, 2.75) is 33.7 Å². The van der Waals surface area contributed by atoms with Gasteiger partial charge in [0.25, 0.3) is 5.56 Å². The first kappa shape index (κ1) is 27.7. The van der Waals surface area contributed by atoms with Crippen molar-refractivity contribution in [3.05, 3.63) is 87.9 Å². The van der Waals surface area contributed by atoms with Crippen molar-refractivity contribution in [2.24, 2.45) is 4.99 Å². The molecule has 8 nitrogen and oxygen atoms in total. The van der Waals surface area contributed by atoms with Crippen LogP contribution in [0.15, 0.2) is 57.5 Å². The number of thiazole rings is 1. The van der Waals surface area contributed by atoms with Crippen LogP contribution >= 0.6 is 33.9 Å². The molecule has 1 aliphatic heterocycles. The number of carbonyl (C=O) groups is 2. The minimum Gasteiger partial charge on any atom is -0.490 e. The molecule has 0 saturated heterocycles. The molecule has 0 unspecified atom stereocenters. The molecule has 1 atom stereocenters. The van der Waals surface area contributed by atoms with Crippen molar-refractivity contribution in [3.63, 3.8) is 0 Å². The smallest absolute Gasteiger partial charge is 0.338 e. The first-order valence-electron chi connectivity index (χ1n) is 11.7. The molecule has 2 aromatic carbocycles. The lowest BCUT2D eigenvalue weighted by Crippen LogP contribution is -2.39. The van der Waals surface area contributed by atoms with Gasteiger partial charge in [-0.3, -0.25) is 14.2 Å². The molecule has 0 radical (unpaired) electrons. The number of benzene rings is 2. The fourth-order valence-electron chi connectivity index (χ4n) is 4.08. The van der Waals surface area contributed by atoms with E-state index in [-0.39, 0.29) is 17.7 Å². The molecule has 0 saturated carbocycles. The molecule has 0 N–H and O–H groups in total. The summed E-state index contributed by atoms with van der Waals surface area (Å²) in [6.45, 7) is 7.01. The Balaban J connectivity index is 1.91. The Bertz CT molecular complexity index is 1620. The lowest BCUT2D eigenvalue weighted by atomic mass is 9.96. The third kappa shape index (κ3) is 5.58.